The molecule has 9 heteroatoms. The molecule has 0 spiro atoms. The van der Waals surface area contributed by atoms with Crippen LogP contribution < -0.4 is 9.46 Å². The Labute approximate surface area is 194 Å². The van der Waals surface area contributed by atoms with Crippen molar-refractivity contribution in [2.24, 2.45) is 0 Å². The number of morpholine rings is 1. The zero-order chi connectivity index (χ0) is 23.4. The number of ether oxygens (including phenoxy) is 2. The van der Waals surface area contributed by atoms with Crippen LogP contribution in [0.15, 0.2) is 42.5 Å². The van der Waals surface area contributed by atoms with Gasteiger partial charge in [0.1, 0.15) is 18.4 Å². The first-order valence-corrected chi connectivity index (χ1v) is 12.9. The number of anilines is 1. The number of aromatic nitrogens is 1. The molecule has 0 unspecified atom stereocenters. The van der Waals surface area contributed by atoms with Crippen LogP contribution in [-0.4, -0.2) is 63.6 Å². The van der Waals surface area contributed by atoms with E-state index in [1.807, 2.05) is 37.3 Å². The van der Waals surface area contributed by atoms with E-state index in [1.54, 1.807) is 12.1 Å². The fourth-order valence-corrected chi connectivity index (χ4v) is 4.75. The third-order valence-electron chi connectivity index (χ3n) is 5.71. The highest BCUT2D eigenvalue weighted by molar-refractivity contribution is 7.92. The standard InChI is InChI=1S/C24H28N4O4S/c1-3-28-23-16-20(32-15-12-27-10-13-31-14-11-27)8-9-21(23)22(17-25)24(28)18-4-6-19(7-5-18)26-33(2,29)30/h4-9,16,26H,3,10-15H2,1-2H3. The highest BCUT2D eigenvalue weighted by Crippen LogP contribution is 2.35. The smallest absolute Gasteiger partial charge is 0.229 e. The molecule has 4 rings (SSSR count). The molecule has 0 bridgehead atoms. The predicted molar refractivity (Wildman–Crippen MR) is 129 cm³/mol. The summed E-state index contributed by atoms with van der Waals surface area (Å²) in [5, 5.41) is 10.8. The molecule has 1 fully saturated rings. The molecule has 2 aromatic carbocycles. The molecular formula is C24H28N4O4S. The van der Waals surface area contributed by atoms with Gasteiger partial charge in [0.25, 0.3) is 0 Å². The van der Waals surface area contributed by atoms with Gasteiger partial charge in [-0.2, -0.15) is 5.26 Å². The molecule has 1 saturated heterocycles. The van der Waals surface area contributed by atoms with E-state index in [0.717, 1.165) is 67.0 Å². The van der Waals surface area contributed by atoms with Crippen molar-refractivity contribution in [1.29, 1.82) is 5.26 Å². The van der Waals surface area contributed by atoms with Crippen molar-refractivity contribution in [3.8, 4) is 23.1 Å². The topological polar surface area (TPSA) is 96.6 Å². The van der Waals surface area contributed by atoms with Crippen LogP contribution in [0.5, 0.6) is 5.75 Å². The van der Waals surface area contributed by atoms with Gasteiger partial charge in [-0.3, -0.25) is 9.62 Å². The Hall–Kier alpha value is -3.06. The minimum atomic E-state index is -3.35. The first-order chi connectivity index (χ1) is 15.9. The maximum atomic E-state index is 11.5. The molecule has 33 heavy (non-hydrogen) atoms. The highest BCUT2D eigenvalue weighted by atomic mass is 32.2. The van der Waals surface area contributed by atoms with Crippen molar-refractivity contribution in [2.75, 3.05) is 50.4 Å². The summed E-state index contributed by atoms with van der Waals surface area (Å²) in [5.41, 5.74) is 3.67. The van der Waals surface area contributed by atoms with Crippen LogP contribution in [0.3, 0.4) is 0 Å². The normalized spacial score (nSPS) is 14.8. The van der Waals surface area contributed by atoms with Crippen LogP contribution in [0, 0.1) is 11.3 Å². The van der Waals surface area contributed by atoms with E-state index in [1.165, 1.54) is 0 Å². The van der Waals surface area contributed by atoms with Crippen molar-refractivity contribution in [2.45, 2.75) is 13.5 Å². The molecule has 1 N–H and O–H groups in total. The van der Waals surface area contributed by atoms with E-state index < -0.39 is 10.0 Å². The Morgan fingerprint density at radius 2 is 1.88 bits per heavy atom. The lowest BCUT2D eigenvalue weighted by atomic mass is 10.1. The summed E-state index contributed by atoms with van der Waals surface area (Å²) in [6.45, 7) is 7.53. The van der Waals surface area contributed by atoms with Gasteiger partial charge in [0, 0.05) is 43.3 Å². The van der Waals surface area contributed by atoms with E-state index in [4.69, 9.17) is 9.47 Å². The van der Waals surface area contributed by atoms with Gasteiger partial charge in [0.2, 0.25) is 10.0 Å². The molecule has 8 nitrogen and oxygen atoms in total. The molecule has 1 aliphatic heterocycles. The van der Waals surface area contributed by atoms with E-state index in [2.05, 4.69) is 20.3 Å². The summed E-state index contributed by atoms with van der Waals surface area (Å²) in [6.07, 6.45) is 1.12. The number of nitriles is 1. The summed E-state index contributed by atoms with van der Waals surface area (Å²) >= 11 is 0. The third kappa shape index (κ3) is 5.30. The molecule has 0 aliphatic carbocycles. The van der Waals surface area contributed by atoms with Gasteiger partial charge in [-0.1, -0.05) is 12.1 Å². The van der Waals surface area contributed by atoms with Gasteiger partial charge in [0.05, 0.1) is 36.2 Å². The van der Waals surface area contributed by atoms with E-state index in [9.17, 15) is 13.7 Å². The molecule has 2 heterocycles. The largest absolute Gasteiger partial charge is 0.492 e. The van der Waals surface area contributed by atoms with Gasteiger partial charge in [-0.15, -0.1) is 0 Å². The second kappa shape index (κ2) is 9.83. The molecule has 1 aromatic heterocycles. The Balaban J connectivity index is 1.62. The van der Waals surface area contributed by atoms with Gasteiger partial charge in [0.15, 0.2) is 0 Å². The summed E-state index contributed by atoms with van der Waals surface area (Å²) in [6, 6.07) is 15.3. The lowest BCUT2D eigenvalue weighted by molar-refractivity contribution is 0.0322. The van der Waals surface area contributed by atoms with Crippen LogP contribution in [-0.2, 0) is 21.3 Å². The van der Waals surface area contributed by atoms with Crippen LogP contribution in [0.1, 0.15) is 12.5 Å². The number of benzene rings is 2. The number of rotatable bonds is 8. The molecule has 0 radical (unpaired) electrons. The average molecular weight is 469 g/mol. The van der Waals surface area contributed by atoms with Crippen LogP contribution in [0.2, 0.25) is 0 Å². The number of nitrogens with zero attached hydrogens (tertiary/aromatic N) is 3. The molecule has 1 aliphatic rings. The second-order valence-electron chi connectivity index (χ2n) is 8.01. The van der Waals surface area contributed by atoms with Crippen LogP contribution >= 0.6 is 0 Å². The summed E-state index contributed by atoms with van der Waals surface area (Å²) < 4.78 is 39.0. The maximum Gasteiger partial charge on any atom is 0.229 e. The third-order valence-corrected chi connectivity index (χ3v) is 6.31. The quantitative estimate of drug-likeness (QED) is 0.545. The number of aryl methyl sites for hydroxylation is 1. The first kappa shape index (κ1) is 23.1. The SMILES string of the molecule is CCn1c(-c2ccc(NS(C)(=O)=O)cc2)c(C#N)c2ccc(OCCN3CCOCC3)cc21. The Kier molecular flexibility index (Phi) is 6.88. The molecule has 0 atom stereocenters. The Morgan fingerprint density at radius 1 is 1.15 bits per heavy atom. The number of hydrogen-bond acceptors (Lipinski definition) is 6. The molecule has 0 saturated carbocycles. The van der Waals surface area contributed by atoms with Crippen molar-refractivity contribution < 1.29 is 17.9 Å². The molecule has 0 amide bonds. The summed E-state index contributed by atoms with van der Waals surface area (Å²) in [4.78, 5) is 2.32. The lowest BCUT2D eigenvalue weighted by Gasteiger charge is -2.26. The van der Waals surface area contributed by atoms with Crippen LogP contribution in [0.25, 0.3) is 22.2 Å². The zero-order valence-electron chi connectivity index (χ0n) is 18.9. The fourth-order valence-electron chi connectivity index (χ4n) is 4.19. The number of hydrogen-bond donors (Lipinski definition) is 1. The highest BCUT2D eigenvalue weighted by Gasteiger charge is 2.19. The monoisotopic (exact) mass is 468 g/mol. The zero-order valence-corrected chi connectivity index (χ0v) is 19.7. The molecule has 3 aromatic rings. The van der Waals surface area contributed by atoms with Gasteiger partial charge in [-0.05, 0) is 36.8 Å². The van der Waals surface area contributed by atoms with E-state index in [0.29, 0.717) is 24.4 Å². The predicted octanol–water partition coefficient (Wildman–Crippen LogP) is 3.28. The number of fused-ring (bicyclic) bond motifs is 1. The van der Waals surface area contributed by atoms with Crippen molar-refractivity contribution in [3.05, 3.63) is 48.0 Å². The van der Waals surface area contributed by atoms with Gasteiger partial charge in [-0.25, -0.2) is 8.42 Å². The van der Waals surface area contributed by atoms with Crippen molar-refractivity contribution in [1.82, 2.24) is 9.47 Å². The molecular weight excluding hydrogens is 440 g/mol. The average Bonchev–Trinajstić information content (AvgIpc) is 3.12. The van der Waals surface area contributed by atoms with Crippen molar-refractivity contribution in [3.63, 3.8) is 0 Å². The second-order valence-corrected chi connectivity index (χ2v) is 9.76. The maximum absolute atomic E-state index is 11.5. The number of nitrogens with one attached hydrogen (secondary N) is 1. The first-order valence-electron chi connectivity index (χ1n) is 11.0. The molecule has 174 valence electrons. The van der Waals surface area contributed by atoms with E-state index in [-0.39, 0.29) is 0 Å². The van der Waals surface area contributed by atoms with Gasteiger partial charge < -0.3 is 14.0 Å². The fraction of sp³-hybridized carbons (Fsp3) is 0.375. The van der Waals surface area contributed by atoms with Gasteiger partial charge >= 0.3 is 0 Å². The Bertz CT molecular complexity index is 1270. The minimum Gasteiger partial charge on any atom is -0.492 e. The van der Waals surface area contributed by atoms with Crippen LogP contribution in [0.4, 0.5) is 5.69 Å². The summed E-state index contributed by atoms with van der Waals surface area (Å²) in [7, 11) is -3.35. The van der Waals surface area contributed by atoms with E-state index >= 15 is 0 Å². The Morgan fingerprint density at radius 3 is 2.52 bits per heavy atom. The summed E-state index contributed by atoms with van der Waals surface area (Å²) in [5.74, 6) is 0.770. The van der Waals surface area contributed by atoms with Crippen molar-refractivity contribution >= 4 is 26.6 Å². The minimum absolute atomic E-state index is 0.481. The lowest BCUT2D eigenvalue weighted by Crippen LogP contribution is -2.38. The number of sulfonamides is 1.